The average molecular weight is 313 g/mol. The van der Waals surface area contributed by atoms with Gasteiger partial charge in [-0.25, -0.2) is 4.79 Å². The molecule has 1 aromatic carbocycles. The third kappa shape index (κ3) is 3.13. The van der Waals surface area contributed by atoms with Crippen LogP contribution in [0.2, 0.25) is 0 Å². The van der Waals surface area contributed by atoms with E-state index in [1.807, 2.05) is 38.1 Å². The highest BCUT2D eigenvalue weighted by molar-refractivity contribution is 5.89. The largest absolute Gasteiger partial charge is 0.512 e. The van der Waals surface area contributed by atoms with E-state index in [1.54, 1.807) is 0 Å². The van der Waals surface area contributed by atoms with Crippen molar-refractivity contribution in [1.29, 1.82) is 0 Å². The minimum Gasteiger partial charge on any atom is -0.512 e. The van der Waals surface area contributed by atoms with Gasteiger partial charge in [-0.15, -0.1) is 0 Å². The SMILES string of the molecule is Cc1noc(C)c1-c1ccc(CCC2=C(O)CCOC2=O)cc1. The summed E-state index contributed by atoms with van der Waals surface area (Å²) in [6.45, 7) is 4.08. The molecule has 0 bridgehead atoms. The molecule has 2 heterocycles. The molecule has 0 fully saturated rings. The van der Waals surface area contributed by atoms with Gasteiger partial charge in [-0.05, 0) is 37.8 Å². The van der Waals surface area contributed by atoms with E-state index < -0.39 is 5.97 Å². The van der Waals surface area contributed by atoms with Crippen LogP contribution in [0, 0.1) is 13.8 Å². The van der Waals surface area contributed by atoms with Crippen molar-refractivity contribution < 1.29 is 19.2 Å². The summed E-state index contributed by atoms with van der Waals surface area (Å²) in [7, 11) is 0. The summed E-state index contributed by atoms with van der Waals surface area (Å²) in [5.41, 5.74) is 4.44. The van der Waals surface area contributed by atoms with Gasteiger partial charge >= 0.3 is 5.97 Å². The maximum Gasteiger partial charge on any atom is 0.337 e. The van der Waals surface area contributed by atoms with E-state index in [-0.39, 0.29) is 12.4 Å². The molecule has 1 aliphatic rings. The van der Waals surface area contributed by atoms with E-state index in [1.165, 1.54) is 0 Å². The second kappa shape index (κ2) is 6.28. The monoisotopic (exact) mass is 313 g/mol. The molecule has 0 atom stereocenters. The summed E-state index contributed by atoms with van der Waals surface area (Å²) >= 11 is 0. The van der Waals surface area contributed by atoms with Gasteiger partial charge in [-0.2, -0.15) is 0 Å². The highest BCUT2D eigenvalue weighted by Gasteiger charge is 2.21. The Morgan fingerprint density at radius 3 is 2.52 bits per heavy atom. The minimum atomic E-state index is -0.402. The van der Waals surface area contributed by atoms with Crippen molar-refractivity contribution >= 4 is 5.97 Å². The zero-order valence-electron chi connectivity index (χ0n) is 13.3. The fourth-order valence-corrected chi connectivity index (χ4v) is 2.85. The number of ether oxygens (including phenoxy) is 1. The average Bonchev–Trinajstić information content (AvgIpc) is 2.87. The molecular formula is C18H19NO4. The van der Waals surface area contributed by atoms with Crippen LogP contribution in [0.1, 0.15) is 29.9 Å². The Hall–Kier alpha value is -2.56. The van der Waals surface area contributed by atoms with Crippen molar-refractivity contribution in [3.63, 3.8) is 0 Å². The molecule has 1 aromatic heterocycles. The van der Waals surface area contributed by atoms with Gasteiger partial charge in [0, 0.05) is 12.0 Å². The Kier molecular flexibility index (Phi) is 4.19. The number of aromatic nitrogens is 1. The number of benzene rings is 1. The summed E-state index contributed by atoms with van der Waals surface area (Å²) in [5.74, 6) is 0.560. The number of hydrogen-bond donors (Lipinski definition) is 1. The van der Waals surface area contributed by atoms with Crippen LogP contribution in [0.3, 0.4) is 0 Å². The molecule has 0 aliphatic carbocycles. The van der Waals surface area contributed by atoms with Gasteiger partial charge in [-0.1, -0.05) is 29.4 Å². The predicted molar refractivity (Wildman–Crippen MR) is 85.0 cm³/mol. The molecule has 1 aliphatic heterocycles. The van der Waals surface area contributed by atoms with Crippen molar-refractivity contribution in [2.75, 3.05) is 6.61 Å². The first-order chi connectivity index (χ1) is 11.1. The van der Waals surface area contributed by atoms with Crippen molar-refractivity contribution in [2.24, 2.45) is 0 Å². The maximum atomic E-state index is 11.7. The first kappa shape index (κ1) is 15.3. The van der Waals surface area contributed by atoms with Crippen LogP contribution in [0.4, 0.5) is 0 Å². The van der Waals surface area contributed by atoms with Crippen molar-refractivity contribution in [3.05, 3.63) is 52.6 Å². The molecule has 0 amide bonds. The molecule has 0 radical (unpaired) electrons. The molecule has 0 saturated carbocycles. The maximum absolute atomic E-state index is 11.7. The Morgan fingerprint density at radius 2 is 1.91 bits per heavy atom. The van der Waals surface area contributed by atoms with Gasteiger partial charge in [0.1, 0.15) is 11.5 Å². The van der Waals surface area contributed by atoms with Crippen LogP contribution >= 0.6 is 0 Å². The fourth-order valence-electron chi connectivity index (χ4n) is 2.85. The Labute approximate surface area is 134 Å². The van der Waals surface area contributed by atoms with Gasteiger partial charge in [0.15, 0.2) is 0 Å². The molecule has 5 heteroatoms. The quantitative estimate of drug-likeness (QED) is 0.872. The van der Waals surface area contributed by atoms with Crippen LogP contribution < -0.4 is 0 Å². The van der Waals surface area contributed by atoms with Crippen molar-refractivity contribution in [3.8, 4) is 11.1 Å². The van der Waals surface area contributed by atoms with Gasteiger partial charge in [0.05, 0.1) is 17.9 Å². The minimum absolute atomic E-state index is 0.161. The van der Waals surface area contributed by atoms with Crippen molar-refractivity contribution in [1.82, 2.24) is 5.16 Å². The number of aryl methyl sites for hydroxylation is 3. The van der Waals surface area contributed by atoms with Crippen molar-refractivity contribution in [2.45, 2.75) is 33.1 Å². The number of cyclic esters (lactones) is 1. The highest BCUT2D eigenvalue weighted by Crippen LogP contribution is 2.27. The van der Waals surface area contributed by atoms with E-state index in [2.05, 4.69) is 5.16 Å². The van der Waals surface area contributed by atoms with E-state index in [0.29, 0.717) is 24.8 Å². The zero-order valence-corrected chi connectivity index (χ0v) is 13.3. The lowest BCUT2D eigenvalue weighted by Crippen LogP contribution is -2.18. The molecule has 0 spiro atoms. The van der Waals surface area contributed by atoms with Crippen LogP contribution in [0.5, 0.6) is 0 Å². The summed E-state index contributed by atoms with van der Waals surface area (Å²) in [6, 6.07) is 8.09. The summed E-state index contributed by atoms with van der Waals surface area (Å²) in [5, 5.41) is 13.8. The lowest BCUT2D eigenvalue weighted by atomic mass is 9.98. The number of aliphatic hydroxyl groups excluding tert-OH is 1. The summed E-state index contributed by atoms with van der Waals surface area (Å²) in [6.07, 6.45) is 1.57. The first-order valence-corrected chi connectivity index (χ1v) is 7.66. The Balaban J connectivity index is 1.72. The highest BCUT2D eigenvalue weighted by atomic mass is 16.5. The molecular weight excluding hydrogens is 294 g/mol. The van der Waals surface area contributed by atoms with Crippen LogP contribution in [0.25, 0.3) is 11.1 Å². The third-order valence-corrected chi connectivity index (χ3v) is 4.11. The van der Waals surface area contributed by atoms with E-state index in [4.69, 9.17) is 9.26 Å². The number of carbonyl (C=O) groups is 1. The summed E-state index contributed by atoms with van der Waals surface area (Å²) in [4.78, 5) is 11.7. The molecule has 3 rings (SSSR count). The first-order valence-electron chi connectivity index (χ1n) is 7.66. The standard InChI is InChI=1S/C18H19NO4/c1-11-17(12(2)23-19-11)14-6-3-13(4-7-14)5-8-15-16(20)9-10-22-18(15)21/h3-4,6-7,20H,5,8-10H2,1-2H3. The van der Waals surface area contributed by atoms with E-state index >= 15 is 0 Å². The molecule has 0 saturated heterocycles. The molecule has 23 heavy (non-hydrogen) atoms. The lowest BCUT2D eigenvalue weighted by molar-refractivity contribution is -0.140. The van der Waals surface area contributed by atoms with E-state index in [9.17, 15) is 9.90 Å². The zero-order chi connectivity index (χ0) is 16.4. The van der Waals surface area contributed by atoms with Gasteiger partial charge < -0.3 is 14.4 Å². The lowest BCUT2D eigenvalue weighted by Gasteiger charge is -2.15. The topological polar surface area (TPSA) is 72.6 Å². The van der Waals surface area contributed by atoms with E-state index in [0.717, 1.165) is 28.1 Å². The van der Waals surface area contributed by atoms with Gasteiger partial charge in [0.25, 0.3) is 0 Å². The van der Waals surface area contributed by atoms with Gasteiger partial charge in [-0.3, -0.25) is 0 Å². The molecule has 0 unspecified atom stereocenters. The Morgan fingerprint density at radius 1 is 1.17 bits per heavy atom. The smallest absolute Gasteiger partial charge is 0.337 e. The number of nitrogens with zero attached hydrogens (tertiary/aromatic N) is 1. The normalized spacial score (nSPS) is 15.0. The predicted octanol–water partition coefficient (Wildman–Crippen LogP) is 3.65. The van der Waals surface area contributed by atoms with Crippen LogP contribution in [0.15, 0.2) is 40.1 Å². The number of rotatable bonds is 4. The third-order valence-electron chi connectivity index (χ3n) is 4.11. The Bertz CT molecular complexity index is 736. The molecule has 5 nitrogen and oxygen atoms in total. The van der Waals surface area contributed by atoms with Crippen LogP contribution in [-0.4, -0.2) is 22.8 Å². The van der Waals surface area contributed by atoms with Gasteiger partial charge in [0.2, 0.25) is 0 Å². The fraction of sp³-hybridized carbons (Fsp3) is 0.333. The second-order valence-corrected chi connectivity index (χ2v) is 5.71. The molecule has 2 aromatic rings. The number of esters is 1. The number of aliphatic hydroxyl groups is 1. The summed E-state index contributed by atoms with van der Waals surface area (Å²) < 4.78 is 10.2. The molecule has 1 N–H and O–H groups in total. The number of carbonyl (C=O) groups excluding carboxylic acids is 1. The number of hydrogen-bond acceptors (Lipinski definition) is 5. The molecule has 120 valence electrons. The second-order valence-electron chi connectivity index (χ2n) is 5.71. The van der Waals surface area contributed by atoms with Crippen LogP contribution in [-0.2, 0) is 16.0 Å².